The summed E-state index contributed by atoms with van der Waals surface area (Å²) >= 11 is 1.46. The number of ether oxygens (including phenoxy) is 1. The fraction of sp³-hybridized carbons (Fsp3) is 0.615. The molecule has 0 atom stereocenters. The molecule has 108 valence electrons. The smallest absolute Gasteiger partial charge is 0.410 e. The molecule has 0 unspecified atom stereocenters. The Hall–Kier alpha value is -1.63. The zero-order valence-corrected chi connectivity index (χ0v) is 12.2. The van der Waals surface area contributed by atoms with Gasteiger partial charge in [-0.2, -0.15) is 0 Å². The van der Waals surface area contributed by atoms with Crippen LogP contribution in [0, 0.1) is 5.92 Å². The number of nitrogens with one attached hydrogen (secondary N) is 1. The zero-order chi connectivity index (χ0) is 14.1. The number of carbonyl (C=O) groups excluding carboxylic acids is 2. The molecular weight excluding hydrogens is 278 g/mol. The number of fused-ring (bicyclic) bond motifs is 1. The first kappa shape index (κ1) is 13.4. The number of aromatic nitrogens is 1. The average molecular weight is 295 g/mol. The Balaban J connectivity index is 1.65. The van der Waals surface area contributed by atoms with Crippen LogP contribution in [-0.2, 0) is 22.5 Å². The van der Waals surface area contributed by atoms with E-state index in [4.69, 9.17) is 4.74 Å². The third-order valence-corrected chi connectivity index (χ3v) is 4.43. The molecule has 6 nitrogen and oxygen atoms in total. The van der Waals surface area contributed by atoms with Crippen LogP contribution in [0.25, 0.3) is 0 Å². The van der Waals surface area contributed by atoms with Gasteiger partial charge in [-0.1, -0.05) is 11.3 Å². The van der Waals surface area contributed by atoms with E-state index in [1.165, 1.54) is 11.3 Å². The standard InChI is InChI=1S/C13H17N3O3S/c1-2-19-13(18)16-6-5-9-10(7-16)20-12(14-9)15-11(17)8-3-4-8/h8H,2-7H2,1H3,(H,14,15,17). The number of hydrogen-bond donors (Lipinski definition) is 1. The van der Waals surface area contributed by atoms with E-state index in [0.29, 0.717) is 31.2 Å². The maximum absolute atomic E-state index is 11.7. The number of rotatable bonds is 3. The van der Waals surface area contributed by atoms with Crippen molar-refractivity contribution in [1.29, 1.82) is 0 Å². The van der Waals surface area contributed by atoms with E-state index in [-0.39, 0.29) is 17.9 Å². The van der Waals surface area contributed by atoms with Gasteiger partial charge in [0.2, 0.25) is 5.91 Å². The minimum Gasteiger partial charge on any atom is -0.450 e. The Morgan fingerprint density at radius 2 is 2.30 bits per heavy atom. The molecule has 0 radical (unpaired) electrons. The fourth-order valence-electron chi connectivity index (χ4n) is 2.17. The van der Waals surface area contributed by atoms with E-state index >= 15 is 0 Å². The molecule has 2 heterocycles. The van der Waals surface area contributed by atoms with Gasteiger partial charge in [-0.15, -0.1) is 0 Å². The molecule has 3 rings (SSSR count). The molecule has 2 amide bonds. The second-order valence-corrected chi connectivity index (χ2v) is 6.11. The number of carbonyl (C=O) groups is 2. The summed E-state index contributed by atoms with van der Waals surface area (Å²) in [5, 5.41) is 3.51. The average Bonchev–Trinajstić information content (AvgIpc) is 3.19. The van der Waals surface area contributed by atoms with Crippen molar-refractivity contribution < 1.29 is 14.3 Å². The van der Waals surface area contributed by atoms with Crippen molar-refractivity contribution in [2.45, 2.75) is 32.7 Å². The van der Waals surface area contributed by atoms with Gasteiger partial charge in [-0.3, -0.25) is 4.79 Å². The quantitative estimate of drug-likeness (QED) is 0.926. The van der Waals surface area contributed by atoms with Gasteiger partial charge in [-0.05, 0) is 19.8 Å². The van der Waals surface area contributed by atoms with Crippen molar-refractivity contribution in [1.82, 2.24) is 9.88 Å². The van der Waals surface area contributed by atoms with E-state index in [0.717, 1.165) is 23.4 Å². The molecule has 1 aliphatic heterocycles. The molecule has 1 saturated carbocycles. The van der Waals surface area contributed by atoms with Crippen LogP contribution >= 0.6 is 11.3 Å². The van der Waals surface area contributed by atoms with Crippen LogP contribution in [0.3, 0.4) is 0 Å². The molecule has 0 spiro atoms. The van der Waals surface area contributed by atoms with E-state index < -0.39 is 0 Å². The minimum absolute atomic E-state index is 0.0679. The SMILES string of the molecule is CCOC(=O)N1CCc2nc(NC(=O)C3CC3)sc2C1. The summed E-state index contributed by atoms with van der Waals surface area (Å²) in [5.74, 6) is 0.241. The van der Waals surface area contributed by atoms with Crippen LogP contribution in [0.2, 0.25) is 0 Å². The van der Waals surface area contributed by atoms with Gasteiger partial charge in [0.15, 0.2) is 5.13 Å². The normalized spacial score (nSPS) is 17.6. The highest BCUT2D eigenvalue weighted by Gasteiger charge is 2.31. The first-order valence-corrected chi connectivity index (χ1v) is 7.70. The van der Waals surface area contributed by atoms with Gasteiger partial charge < -0.3 is 15.0 Å². The van der Waals surface area contributed by atoms with E-state index in [9.17, 15) is 9.59 Å². The molecule has 1 aromatic rings. The highest BCUT2D eigenvalue weighted by atomic mass is 32.1. The van der Waals surface area contributed by atoms with Gasteiger partial charge in [0.25, 0.3) is 0 Å². The lowest BCUT2D eigenvalue weighted by Gasteiger charge is -2.24. The maximum Gasteiger partial charge on any atom is 0.410 e. The lowest BCUT2D eigenvalue weighted by molar-refractivity contribution is -0.117. The Kier molecular flexibility index (Phi) is 3.60. The largest absolute Gasteiger partial charge is 0.450 e. The number of amides is 2. The van der Waals surface area contributed by atoms with Gasteiger partial charge in [0, 0.05) is 23.8 Å². The Bertz CT molecular complexity index is 539. The molecule has 1 N–H and O–H groups in total. The van der Waals surface area contributed by atoms with E-state index in [1.807, 2.05) is 0 Å². The number of thiazole rings is 1. The predicted octanol–water partition coefficient (Wildman–Crippen LogP) is 2.01. The van der Waals surface area contributed by atoms with E-state index in [2.05, 4.69) is 10.3 Å². The van der Waals surface area contributed by atoms with Crippen molar-refractivity contribution >= 4 is 28.5 Å². The zero-order valence-electron chi connectivity index (χ0n) is 11.3. The first-order valence-electron chi connectivity index (χ1n) is 6.88. The van der Waals surface area contributed by atoms with Gasteiger partial charge in [0.1, 0.15) is 0 Å². The minimum atomic E-state index is -0.282. The second kappa shape index (κ2) is 5.40. The fourth-order valence-corrected chi connectivity index (χ4v) is 3.20. The van der Waals surface area contributed by atoms with Gasteiger partial charge in [0.05, 0.1) is 18.8 Å². The molecule has 0 saturated heterocycles. The molecule has 2 aliphatic rings. The maximum atomic E-state index is 11.7. The highest BCUT2D eigenvalue weighted by molar-refractivity contribution is 7.15. The second-order valence-electron chi connectivity index (χ2n) is 5.02. The summed E-state index contributed by atoms with van der Waals surface area (Å²) in [6.45, 7) is 3.32. The molecule has 0 bridgehead atoms. The molecule has 1 fully saturated rings. The summed E-state index contributed by atoms with van der Waals surface area (Å²) in [6.07, 6.45) is 2.39. The third-order valence-electron chi connectivity index (χ3n) is 3.44. The van der Waals surface area contributed by atoms with Crippen LogP contribution in [-0.4, -0.2) is 35.0 Å². The van der Waals surface area contributed by atoms with Crippen molar-refractivity contribution in [3.05, 3.63) is 10.6 Å². The molecule has 20 heavy (non-hydrogen) atoms. The highest BCUT2D eigenvalue weighted by Crippen LogP contribution is 2.33. The van der Waals surface area contributed by atoms with Crippen molar-refractivity contribution in [3.63, 3.8) is 0 Å². The molecule has 7 heteroatoms. The predicted molar refractivity (Wildman–Crippen MR) is 74.6 cm³/mol. The monoisotopic (exact) mass is 295 g/mol. The van der Waals surface area contributed by atoms with Gasteiger partial charge in [-0.25, -0.2) is 9.78 Å². The summed E-state index contributed by atoms with van der Waals surface area (Å²) in [4.78, 5) is 30.6. The van der Waals surface area contributed by atoms with Crippen LogP contribution < -0.4 is 5.32 Å². The van der Waals surface area contributed by atoms with Crippen molar-refractivity contribution in [2.75, 3.05) is 18.5 Å². The third kappa shape index (κ3) is 2.77. The number of nitrogens with zero attached hydrogens (tertiary/aromatic N) is 2. The summed E-state index contributed by atoms with van der Waals surface area (Å²) in [5.41, 5.74) is 0.988. The lowest BCUT2D eigenvalue weighted by atomic mass is 10.2. The molecule has 0 aromatic carbocycles. The molecule has 1 aromatic heterocycles. The topological polar surface area (TPSA) is 71.5 Å². The first-order chi connectivity index (χ1) is 9.67. The van der Waals surface area contributed by atoms with Crippen LogP contribution in [0.4, 0.5) is 9.93 Å². The van der Waals surface area contributed by atoms with E-state index in [1.54, 1.807) is 11.8 Å². The lowest BCUT2D eigenvalue weighted by Crippen LogP contribution is -2.35. The van der Waals surface area contributed by atoms with Gasteiger partial charge >= 0.3 is 6.09 Å². The number of hydrogen-bond acceptors (Lipinski definition) is 5. The molecular formula is C13H17N3O3S. The Morgan fingerprint density at radius 3 is 3.00 bits per heavy atom. The number of anilines is 1. The summed E-state index contributed by atoms with van der Waals surface area (Å²) in [6, 6.07) is 0. The Labute approximate surface area is 121 Å². The van der Waals surface area contributed by atoms with Crippen LogP contribution in [0.15, 0.2) is 0 Å². The summed E-state index contributed by atoms with van der Waals surface area (Å²) in [7, 11) is 0. The summed E-state index contributed by atoms with van der Waals surface area (Å²) < 4.78 is 5.01. The molecule has 1 aliphatic carbocycles. The van der Waals surface area contributed by atoms with Crippen LogP contribution in [0.1, 0.15) is 30.3 Å². The van der Waals surface area contributed by atoms with Crippen LogP contribution in [0.5, 0.6) is 0 Å². The van der Waals surface area contributed by atoms with Crippen molar-refractivity contribution in [3.8, 4) is 0 Å². The Morgan fingerprint density at radius 1 is 1.50 bits per heavy atom. The van der Waals surface area contributed by atoms with Crippen molar-refractivity contribution in [2.24, 2.45) is 5.92 Å².